The van der Waals surface area contributed by atoms with E-state index < -0.39 is 0 Å². The zero-order valence-electron chi connectivity index (χ0n) is 11.9. The summed E-state index contributed by atoms with van der Waals surface area (Å²) in [4.78, 5) is 2.99. The molecule has 106 valence electrons. The standard InChI is InChI=1S/C14H18N4S2/c1-4-10-5-6-11(20-10)7-16-14-12(13(15)19)8(2)9(3)17-18-14/h5-6H,4,7H2,1-3H3,(H2,15,19)(H,16,18). The monoisotopic (exact) mass is 306 g/mol. The van der Waals surface area contributed by atoms with Crippen molar-refractivity contribution in [3.63, 3.8) is 0 Å². The molecule has 0 unspecified atom stereocenters. The number of nitrogens with zero attached hydrogens (tertiary/aromatic N) is 2. The van der Waals surface area contributed by atoms with E-state index in [4.69, 9.17) is 18.0 Å². The Labute approximate surface area is 128 Å². The van der Waals surface area contributed by atoms with Crippen LogP contribution in [0.1, 0.15) is 33.5 Å². The van der Waals surface area contributed by atoms with Crippen LogP contribution in [-0.2, 0) is 13.0 Å². The van der Waals surface area contributed by atoms with E-state index in [1.807, 2.05) is 13.8 Å². The van der Waals surface area contributed by atoms with E-state index >= 15 is 0 Å². The number of aryl methyl sites for hydroxylation is 2. The molecule has 2 rings (SSSR count). The van der Waals surface area contributed by atoms with Crippen molar-refractivity contribution in [2.45, 2.75) is 33.7 Å². The van der Waals surface area contributed by atoms with Crippen LogP contribution in [0.2, 0.25) is 0 Å². The summed E-state index contributed by atoms with van der Waals surface area (Å²) in [5.74, 6) is 0.659. The van der Waals surface area contributed by atoms with Crippen molar-refractivity contribution in [1.82, 2.24) is 10.2 Å². The minimum Gasteiger partial charge on any atom is -0.389 e. The van der Waals surface area contributed by atoms with Gasteiger partial charge < -0.3 is 11.1 Å². The van der Waals surface area contributed by atoms with Gasteiger partial charge in [-0.25, -0.2) is 0 Å². The third kappa shape index (κ3) is 3.13. The van der Waals surface area contributed by atoms with Crippen LogP contribution in [0.25, 0.3) is 0 Å². The molecule has 0 spiro atoms. The molecule has 0 aliphatic heterocycles. The summed E-state index contributed by atoms with van der Waals surface area (Å²) in [5, 5.41) is 11.6. The van der Waals surface area contributed by atoms with Crippen molar-refractivity contribution < 1.29 is 0 Å². The zero-order chi connectivity index (χ0) is 14.7. The molecule has 0 aliphatic carbocycles. The lowest BCUT2D eigenvalue weighted by Gasteiger charge is -2.12. The SMILES string of the molecule is CCc1ccc(CNc2nnc(C)c(C)c2C(N)=S)s1. The first-order chi connectivity index (χ1) is 9.52. The third-order valence-electron chi connectivity index (χ3n) is 3.20. The Bertz CT molecular complexity index is 634. The first kappa shape index (κ1) is 14.9. The fraction of sp³-hybridized carbons (Fsp3) is 0.357. The summed E-state index contributed by atoms with van der Waals surface area (Å²) in [5.41, 5.74) is 8.43. The highest BCUT2D eigenvalue weighted by Gasteiger charge is 2.13. The molecule has 4 nitrogen and oxygen atoms in total. The van der Waals surface area contributed by atoms with Gasteiger partial charge in [0.25, 0.3) is 0 Å². The molecule has 0 saturated heterocycles. The van der Waals surface area contributed by atoms with E-state index in [0.29, 0.717) is 17.4 Å². The number of rotatable bonds is 5. The van der Waals surface area contributed by atoms with Crippen molar-refractivity contribution in [3.8, 4) is 0 Å². The van der Waals surface area contributed by atoms with Gasteiger partial charge in [-0.3, -0.25) is 0 Å². The number of hydrogen-bond donors (Lipinski definition) is 2. The fourth-order valence-electron chi connectivity index (χ4n) is 1.91. The minimum atomic E-state index is 0.350. The number of thiophene rings is 1. The highest BCUT2D eigenvalue weighted by molar-refractivity contribution is 7.80. The van der Waals surface area contributed by atoms with Gasteiger partial charge in [-0.2, -0.15) is 5.10 Å². The number of nitrogens with two attached hydrogens (primary N) is 1. The highest BCUT2D eigenvalue weighted by Crippen LogP contribution is 2.21. The Morgan fingerprint density at radius 1 is 1.30 bits per heavy atom. The number of hydrogen-bond acceptors (Lipinski definition) is 5. The van der Waals surface area contributed by atoms with Crippen LogP contribution in [-0.4, -0.2) is 15.2 Å². The van der Waals surface area contributed by atoms with Crippen LogP contribution in [0.4, 0.5) is 5.82 Å². The summed E-state index contributed by atoms with van der Waals surface area (Å²) in [6, 6.07) is 4.29. The van der Waals surface area contributed by atoms with Gasteiger partial charge in [-0.05, 0) is 38.0 Å². The van der Waals surface area contributed by atoms with Crippen LogP contribution in [0.3, 0.4) is 0 Å². The number of anilines is 1. The molecule has 0 fully saturated rings. The van der Waals surface area contributed by atoms with Crippen molar-refractivity contribution in [2.24, 2.45) is 5.73 Å². The predicted molar refractivity (Wildman–Crippen MR) is 88.4 cm³/mol. The molecule has 0 amide bonds. The third-order valence-corrected chi connectivity index (χ3v) is 4.63. The van der Waals surface area contributed by atoms with Crippen molar-refractivity contribution in [2.75, 3.05) is 5.32 Å². The Morgan fingerprint density at radius 2 is 2.00 bits per heavy atom. The summed E-state index contributed by atoms with van der Waals surface area (Å²) in [6.45, 7) is 6.73. The van der Waals surface area contributed by atoms with Crippen LogP contribution >= 0.6 is 23.6 Å². The summed E-state index contributed by atoms with van der Waals surface area (Å²) < 4.78 is 0. The Hall–Kier alpha value is -1.53. The van der Waals surface area contributed by atoms with Gasteiger partial charge >= 0.3 is 0 Å². The van der Waals surface area contributed by atoms with Crippen molar-refractivity contribution >= 4 is 34.4 Å². The Morgan fingerprint density at radius 3 is 2.60 bits per heavy atom. The number of nitrogens with one attached hydrogen (secondary N) is 1. The maximum atomic E-state index is 5.81. The number of thiocarbonyl (C=S) groups is 1. The van der Waals surface area contributed by atoms with E-state index in [2.05, 4.69) is 34.6 Å². The molecule has 0 radical (unpaired) electrons. The maximum Gasteiger partial charge on any atom is 0.159 e. The topological polar surface area (TPSA) is 63.8 Å². The van der Waals surface area contributed by atoms with Gasteiger partial charge in [0.2, 0.25) is 0 Å². The van der Waals surface area contributed by atoms with E-state index in [0.717, 1.165) is 23.2 Å². The van der Waals surface area contributed by atoms with E-state index in [9.17, 15) is 0 Å². The molecular formula is C14H18N4S2. The second-order valence-corrected chi connectivity index (χ2v) is 6.27. The largest absolute Gasteiger partial charge is 0.389 e. The van der Waals surface area contributed by atoms with Crippen molar-refractivity contribution in [1.29, 1.82) is 0 Å². The normalized spacial score (nSPS) is 10.6. The first-order valence-electron chi connectivity index (χ1n) is 6.48. The lowest BCUT2D eigenvalue weighted by atomic mass is 10.1. The molecule has 2 heterocycles. The predicted octanol–water partition coefficient (Wildman–Crippen LogP) is 2.96. The Kier molecular flexibility index (Phi) is 4.67. The highest BCUT2D eigenvalue weighted by atomic mass is 32.1. The molecule has 0 aliphatic rings. The smallest absolute Gasteiger partial charge is 0.159 e. The molecule has 0 aromatic carbocycles. The van der Waals surface area contributed by atoms with Gasteiger partial charge in [-0.15, -0.1) is 16.4 Å². The summed E-state index contributed by atoms with van der Waals surface area (Å²) in [6.07, 6.45) is 1.06. The molecule has 0 saturated carbocycles. The van der Waals surface area contributed by atoms with E-state index in [-0.39, 0.29) is 0 Å². The van der Waals surface area contributed by atoms with Gasteiger partial charge in [0.1, 0.15) is 4.99 Å². The second kappa shape index (κ2) is 6.28. The number of aromatic nitrogens is 2. The van der Waals surface area contributed by atoms with Crippen LogP contribution in [0.5, 0.6) is 0 Å². The van der Waals surface area contributed by atoms with E-state index in [1.165, 1.54) is 9.75 Å². The molecule has 3 N–H and O–H groups in total. The molecule has 6 heteroatoms. The van der Waals surface area contributed by atoms with E-state index in [1.54, 1.807) is 11.3 Å². The average molecular weight is 306 g/mol. The summed E-state index contributed by atoms with van der Waals surface area (Å²) >= 11 is 6.92. The van der Waals surface area contributed by atoms with Crippen LogP contribution in [0, 0.1) is 13.8 Å². The van der Waals surface area contributed by atoms with Crippen LogP contribution in [0.15, 0.2) is 12.1 Å². The van der Waals surface area contributed by atoms with Gasteiger partial charge in [0.15, 0.2) is 5.82 Å². The zero-order valence-corrected chi connectivity index (χ0v) is 13.5. The second-order valence-electron chi connectivity index (χ2n) is 4.57. The molecule has 2 aromatic rings. The van der Waals surface area contributed by atoms with Crippen molar-refractivity contribution in [3.05, 3.63) is 38.7 Å². The first-order valence-corrected chi connectivity index (χ1v) is 7.70. The average Bonchev–Trinajstić information content (AvgIpc) is 2.87. The molecule has 0 atom stereocenters. The summed E-state index contributed by atoms with van der Waals surface area (Å²) in [7, 11) is 0. The molecule has 2 aromatic heterocycles. The molecule has 0 bridgehead atoms. The minimum absolute atomic E-state index is 0.350. The Balaban J connectivity index is 2.21. The lowest BCUT2D eigenvalue weighted by Crippen LogP contribution is -2.17. The lowest BCUT2D eigenvalue weighted by molar-refractivity contribution is 0.946. The quantitative estimate of drug-likeness (QED) is 0.832. The van der Waals surface area contributed by atoms with Gasteiger partial charge in [0, 0.05) is 9.75 Å². The van der Waals surface area contributed by atoms with Gasteiger partial charge in [0.05, 0.1) is 17.8 Å². The molecule has 20 heavy (non-hydrogen) atoms. The maximum absolute atomic E-state index is 5.81. The van der Waals surface area contributed by atoms with Crippen LogP contribution < -0.4 is 11.1 Å². The fourth-order valence-corrected chi connectivity index (χ4v) is 3.06. The molecular weight excluding hydrogens is 288 g/mol. The van der Waals surface area contributed by atoms with Gasteiger partial charge in [-0.1, -0.05) is 19.1 Å².